The Morgan fingerprint density at radius 3 is 2.38 bits per heavy atom. The van der Waals surface area contributed by atoms with Crippen molar-refractivity contribution < 1.29 is 9.47 Å². The molecule has 0 unspecified atom stereocenters. The van der Waals surface area contributed by atoms with Gasteiger partial charge >= 0.3 is 0 Å². The van der Waals surface area contributed by atoms with Crippen LogP contribution in [0.3, 0.4) is 0 Å². The van der Waals surface area contributed by atoms with E-state index in [4.69, 9.17) is 9.47 Å². The van der Waals surface area contributed by atoms with Crippen LogP contribution in [-0.2, 0) is 6.42 Å². The smallest absolute Gasteiger partial charge is 0.174 e. The maximum absolute atomic E-state index is 5.44. The maximum atomic E-state index is 5.44. The predicted octanol–water partition coefficient (Wildman–Crippen LogP) is 2.19. The summed E-state index contributed by atoms with van der Waals surface area (Å²) in [6, 6.07) is 4.18. The number of ether oxygens (including phenoxy) is 2. The lowest BCUT2D eigenvalue weighted by Crippen LogP contribution is -2.11. The van der Waals surface area contributed by atoms with Crippen LogP contribution < -0.4 is 14.8 Å². The highest BCUT2D eigenvalue weighted by Gasteiger charge is 2.13. The fourth-order valence-electron chi connectivity index (χ4n) is 1.62. The molecule has 4 heteroatoms. The maximum Gasteiger partial charge on any atom is 0.174 e. The van der Waals surface area contributed by atoms with Gasteiger partial charge in [0.25, 0.3) is 0 Å². The molecule has 0 heterocycles. The highest BCUT2D eigenvalue weighted by Crippen LogP contribution is 2.39. The Hall–Kier alpha value is -0.870. The molecule has 1 rings (SSSR count). The van der Waals surface area contributed by atoms with Crippen molar-refractivity contribution in [3.8, 4) is 11.5 Å². The molecule has 0 saturated carbocycles. The average Bonchev–Trinajstić information content (AvgIpc) is 2.34. The average molecular weight is 241 g/mol. The van der Waals surface area contributed by atoms with E-state index in [1.165, 1.54) is 5.56 Å². The summed E-state index contributed by atoms with van der Waals surface area (Å²) in [4.78, 5) is 1.10. The molecule has 0 radical (unpaired) electrons. The van der Waals surface area contributed by atoms with Crippen LogP contribution in [0.25, 0.3) is 0 Å². The van der Waals surface area contributed by atoms with Crippen LogP contribution in [0, 0.1) is 0 Å². The molecule has 0 atom stereocenters. The number of hydrogen-bond acceptors (Lipinski definition) is 4. The quantitative estimate of drug-likeness (QED) is 0.773. The number of likely N-dealkylation sites (N-methyl/N-ethyl adjacent to an activating group) is 1. The third kappa shape index (κ3) is 2.83. The highest BCUT2D eigenvalue weighted by atomic mass is 32.2. The minimum atomic E-state index is 0.837. The molecule has 1 aromatic carbocycles. The molecule has 16 heavy (non-hydrogen) atoms. The van der Waals surface area contributed by atoms with Crippen LogP contribution in [0.1, 0.15) is 5.56 Å². The fraction of sp³-hybridized carbons (Fsp3) is 0.500. The zero-order valence-electron chi connectivity index (χ0n) is 10.3. The van der Waals surface area contributed by atoms with E-state index in [-0.39, 0.29) is 0 Å². The Bertz CT molecular complexity index is 342. The standard InChI is InChI=1S/C12H19NO2S/c1-13-8-7-9-5-6-10(16-4)12(15-3)11(9)14-2/h5-6,13H,7-8H2,1-4H3. The minimum Gasteiger partial charge on any atom is -0.493 e. The van der Waals surface area contributed by atoms with Gasteiger partial charge in [-0.25, -0.2) is 0 Å². The van der Waals surface area contributed by atoms with Crippen molar-refractivity contribution >= 4 is 11.8 Å². The number of hydrogen-bond donors (Lipinski definition) is 1. The first-order chi connectivity index (χ1) is 7.78. The van der Waals surface area contributed by atoms with Gasteiger partial charge in [-0.3, -0.25) is 0 Å². The normalized spacial score (nSPS) is 10.2. The molecule has 0 spiro atoms. The summed E-state index contributed by atoms with van der Waals surface area (Å²) in [5, 5.41) is 3.13. The molecule has 0 aliphatic heterocycles. The van der Waals surface area contributed by atoms with Gasteiger partial charge < -0.3 is 14.8 Å². The lowest BCUT2D eigenvalue weighted by Gasteiger charge is -2.15. The minimum absolute atomic E-state index is 0.837. The first kappa shape index (κ1) is 13.2. The van der Waals surface area contributed by atoms with Gasteiger partial charge in [0.2, 0.25) is 0 Å². The van der Waals surface area contributed by atoms with Gasteiger partial charge in [-0.05, 0) is 37.9 Å². The van der Waals surface area contributed by atoms with Crippen LogP contribution >= 0.6 is 11.8 Å². The summed E-state index contributed by atoms with van der Waals surface area (Å²) in [6.45, 7) is 0.929. The third-order valence-electron chi connectivity index (χ3n) is 2.43. The lowest BCUT2D eigenvalue weighted by atomic mass is 10.1. The molecule has 0 aliphatic carbocycles. The van der Waals surface area contributed by atoms with Crippen molar-refractivity contribution in [2.45, 2.75) is 11.3 Å². The van der Waals surface area contributed by atoms with E-state index in [2.05, 4.69) is 17.4 Å². The third-order valence-corrected chi connectivity index (χ3v) is 3.19. The Labute approximate surface area is 102 Å². The molecule has 0 fully saturated rings. The summed E-state index contributed by atoms with van der Waals surface area (Å²) in [6.07, 6.45) is 2.97. The molecule has 1 aromatic rings. The van der Waals surface area contributed by atoms with E-state index in [0.29, 0.717) is 0 Å². The SMILES string of the molecule is CNCCc1ccc(SC)c(OC)c1OC. The lowest BCUT2D eigenvalue weighted by molar-refractivity contribution is 0.344. The van der Waals surface area contributed by atoms with Crippen LogP contribution in [0.4, 0.5) is 0 Å². The molecule has 3 nitrogen and oxygen atoms in total. The number of methoxy groups -OCH3 is 2. The van der Waals surface area contributed by atoms with Crippen LogP contribution in [0.15, 0.2) is 17.0 Å². The van der Waals surface area contributed by atoms with E-state index in [0.717, 1.165) is 29.4 Å². The van der Waals surface area contributed by atoms with Crippen molar-refractivity contribution in [1.82, 2.24) is 5.32 Å². The van der Waals surface area contributed by atoms with Crippen molar-refractivity contribution in [3.63, 3.8) is 0 Å². The molecular weight excluding hydrogens is 222 g/mol. The monoisotopic (exact) mass is 241 g/mol. The van der Waals surface area contributed by atoms with Crippen LogP contribution in [0.5, 0.6) is 11.5 Å². The molecule has 0 aliphatic rings. The second-order valence-electron chi connectivity index (χ2n) is 3.35. The van der Waals surface area contributed by atoms with Crippen molar-refractivity contribution in [3.05, 3.63) is 17.7 Å². The largest absolute Gasteiger partial charge is 0.493 e. The van der Waals surface area contributed by atoms with Gasteiger partial charge in [-0.2, -0.15) is 0 Å². The summed E-state index contributed by atoms with van der Waals surface area (Å²) < 4.78 is 10.9. The topological polar surface area (TPSA) is 30.5 Å². The van der Waals surface area contributed by atoms with E-state index in [1.807, 2.05) is 13.3 Å². The second kappa shape index (κ2) is 6.66. The van der Waals surface area contributed by atoms with Crippen LogP contribution in [0.2, 0.25) is 0 Å². The number of thioether (sulfide) groups is 1. The predicted molar refractivity (Wildman–Crippen MR) is 69.0 cm³/mol. The van der Waals surface area contributed by atoms with Gasteiger partial charge in [0, 0.05) is 0 Å². The van der Waals surface area contributed by atoms with E-state index >= 15 is 0 Å². The number of rotatable bonds is 6. The number of nitrogens with one attached hydrogen (secondary N) is 1. The Morgan fingerprint density at radius 2 is 1.88 bits per heavy atom. The molecule has 90 valence electrons. The van der Waals surface area contributed by atoms with Crippen molar-refractivity contribution in [2.75, 3.05) is 34.1 Å². The molecule has 0 saturated heterocycles. The van der Waals surface area contributed by atoms with Gasteiger partial charge in [0.1, 0.15) is 0 Å². The van der Waals surface area contributed by atoms with Gasteiger partial charge in [-0.1, -0.05) is 6.07 Å². The highest BCUT2D eigenvalue weighted by molar-refractivity contribution is 7.98. The Kier molecular flexibility index (Phi) is 5.49. The first-order valence-corrected chi connectivity index (χ1v) is 6.43. The Morgan fingerprint density at radius 1 is 1.19 bits per heavy atom. The Balaban J connectivity index is 3.10. The summed E-state index contributed by atoms with van der Waals surface area (Å²) >= 11 is 1.66. The second-order valence-corrected chi connectivity index (χ2v) is 4.20. The van der Waals surface area contributed by atoms with Gasteiger partial charge in [0.15, 0.2) is 11.5 Å². The van der Waals surface area contributed by atoms with E-state index < -0.39 is 0 Å². The molecule has 0 bridgehead atoms. The summed E-state index contributed by atoms with van der Waals surface area (Å²) in [5.74, 6) is 1.69. The van der Waals surface area contributed by atoms with Gasteiger partial charge in [0.05, 0.1) is 19.1 Å². The molecular formula is C12H19NO2S. The van der Waals surface area contributed by atoms with Gasteiger partial charge in [-0.15, -0.1) is 11.8 Å². The molecule has 1 N–H and O–H groups in total. The zero-order chi connectivity index (χ0) is 12.0. The summed E-state index contributed by atoms with van der Waals surface area (Å²) in [5.41, 5.74) is 1.17. The summed E-state index contributed by atoms with van der Waals surface area (Å²) in [7, 11) is 5.31. The van der Waals surface area contributed by atoms with Crippen molar-refractivity contribution in [1.29, 1.82) is 0 Å². The van der Waals surface area contributed by atoms with E-state index in [1.54, 1.807) is 26.0 Å². The first-order valence-electron chi connectivity index (χ1n) is 5.20. The molecule has 0 aromatic heterocycles. The van der Waals surface area contributed by atoms with Crippen molar-refractivity contribution in [2.24, 2.45) is 0 Å². The van der Waals surface area contributed by atoms with Crippen LogP contribution in [-0.4, -0.2) is 34.1 Å². The zero-order valence-corrected chi connectivity index (χ0v) is 11.1. The van der Waals surface area contributed by atoms with E-state index in [9.17, 15) is 0 Å². The number of benzene rings is 1. The molecule has 0 amide bonds. The fourth-order valence-corrected chi connectivity index (χ4v) is 2.19.